The van der Waals surface area contributed by atoms with Gasteiger partial charge in [0.2, 0.25) is 0 Å². The zero-order valence-corrected chi connectivity index (χ0v) is 16.6. The third-order valence-electron chi connectivity index (χ3n) is 5.19. The van der Waals surface area contributed by atoms with Crippen molar-refractivity contribution in [3.05, 3.63) is 65.2 Å². The van der Waals surface area contributed by atoms with Crippen LogP contribution in [0.1, 0.15) is 82.0 Å². The van der Waals surface area contributed by atoms with Crippen molar-refractivity contribution in [2.45, 2.75) is 65.3 Å². The van der Waals surface area contributed by atoms with Crippen LogP contribution in [0.15, 0.2) is 48.5 Å². The average molecular weight is 354 g/mol. The lowest BCUT2D eigenvalue weighted by Gasteiger charge is -2.22. The molecular weight excluding hydrogens is 322 g/mol. The highest BCUT2D eigenvalue weighted by atomic mass is 16.6. The molecule has 26 heavy (non-hydrogen) atoms. The second-order valence-electron chi connectivity index (χ2n) is 7.05. The Morgan fingerprint density at radius 3 is 1.92 bits per heavy atom. The Bertz CT molecular complexity index is 683. The van der Waals surface area contributed by atoms with Crippen LogP contribution in [-0.2, 0) is 0 Å². The summed E-state index contributed by atoms with van der Waals surface area (Å²) in [5.74, 6) is 1.41. The van der Waals surface area contributed by atoms with E-state index in [1.807, 2.05) is 37.3 Å². The van der Waals surface area contributed by atoms with Crippen LogP contribution in [-0.4, -0.2) is 6.09 Å². The molecule has 140 valence electrons. The molecule has 0 heterocycles. The topological polar surface area (TPSA) is 38.3 Å². The van der Waals surface area contributed by atoms with Crippen molar-refractivity contribution in [1.29, 1.82) is 0 Å². The summed E-state index contributed by atoms with van der Waals surface area (Å²) in [6.45, 7) is 10.6. The van der Waals surface area contributed by atoms with Crippen molar-refractivity contribution in [1.82, 2.24) is 5.32 Å². The molecule has 0 saturated heterocycles. The summed E-state index contributed by atoms with van der Waals surface area (Å²) in [6.07, 6.45) is 1.60. The maximum atomic E-state index is 12.6. The number of nitrogens with one attached hydrogen (secondary N) is 1. The van der Waals surface area contributed by atoms with Crippen LogP contribution in [0.3, 0.4) is 0 Å². The quantitative estimate of drug-likeness (QED) is 0.612. The van der Waals surface area contributed by atoms with Crippen LogP contribution in [0.2, 0.25) is 0 Å². The Morgan fingerprint density at radius 2 is 1.42 bits per heavy atom. The molecule has 0 aliphatic heterocycles. The van der Waals surface area contributed by atoms with E-state index in [-0.39, 0.29) is 6.04 Å². The number of rotatable bonds is 7. The van der Waals surface area contributed by atoms with E-state index in [1.165, 1.54) is 0 Å². The number of amides is 1. The molecule has 2 unspecified atom stereocenters. The van der Waals surface area contributed by atoms with Gasteiger partial charge in [0, 0.05) is 0 Å². The van der Waals surface area contributed by atoms with Crippen LogP contribution in [0.4, 0.5) is 4.79 Å². The smallest absolute Gasteiger partial charge is 0.410 e. The summed E-state index contributed by atoms with van der Waals surface area (Å²) < 4.78 is 5.86. The lowest BCUT2D eigenvalue weighted by molar-refractivity contribution is 0.195. The molecule has 0 aliphatic rings. The van der Waals surface area contributed by atoms with Gasteiger partial charge in [-0.25, -0.2) is 4.79 Å². The summed E-state index contributed by atoms with van der Waals surface area (Å²) in [4.78, 5) is 12.6. The van der Waals surface area contributed by atoms with Crippen LogP contribution in [0, 0.1) is 0 Å². The van der Waals surface area contributed by atoms with Gasteiger partial charge in [-0.1, -0.05) is 76.2 Å². The van der Waals surface area contributed by atoms with Gasteiger partial charge < -0.3 is 10.1 Å². The first kappa shape index (κ1) is 20.0. The maximum absolute atomic E-state index is 12.6. The lowest BCUT2D eigenvalue weighted by atomic mass is 9.90. The van der Waals surface area contributed by atoms with E-state index in [2.05, 4.69) is 51.2 Å². The number of carbonyl (C=O) groups is 1. The second-order valence-corrected chi connectivity index (χ2v) is 7.05. The highest BCUT2D eigenvalue weighted by Gasteiger charge is 2.21. The fourth-order valence-corrected chi connectivity index (χ4v) is 3.03. The first-order chi connectivity index (χ1) is 12.5. The number of ether oxygens (including phenoxy) is 1. The van der Waals surface area contributed by atoms with Gasteiger partial charge in [0.1, 0.15) is 5.75 Å². The molecule has 2 rings (SSSR count). The molecule has 0 radical (unpaired) electrons. The summed E-state index contributed by atoms with van der Waals surface area (Å²) >= 11 is 0. The zero-order chi connectivity index (χ0) is 19.1. The Kier molecular flexibility index (Phi) is 7.26. The van der Waals surface area contributed by atoms with E-state index in [4.69, 9.17) is 4.74 Å². The van der Waals surface area contributed by atoms with Gasteiger partial charge in [0.15, 0.2) is 0 Å². The largest absolute Gasteiger partial charge is 0.413 e. The van der Waals surface area contributed by atoms with Crippen molar-refractivity contribution in [3.63, 3.8) is 0 Å². The Labute approximate surface area is 157 Å². The van der Waals surface area contributed by atoms with Crippen molar-refractivity contribution in [2.24, 2.45) is 0 Å². The van der Waals surface area contributed by atoms with Crippen LogP contribution in [0.5, 0.6) is 5.75 Å². The maximum Gasteiger partial charge on any atom is 0.413 e. The number of carbonyl (C=O) groups excluding carboxylic acids is 1. The molecule has 0 aromatic heterocycles. The van der Waals surface area contributed by atoms with E-state index >= 15 is 0 Å². The molecule has 0 spiro atoms. The Balaban J connectivity index is 2.24. The van der Waals surface area contributed by atoms with Gasteiger partial charge in [-0.15, -0.1) is 0 Å². The van der Waals surface area contributed by atoms with Crippen molar-refractivity contribution in [3.8, 4) is 5.75 Å². The van der Waals surface area contributed by atoms with Gasteiger partial charge in [0.25, 0.3) is 0 Å². The fraction of sp³-hybridized carbons (Fsp3) is 0.435. The minimum atomic E-state index is -0.401. The van der Waals surface area contributed by atoms with E-state index in [0.29, 0.717) is 11.8 Å². The molecule has 2 aromatic carbocycles. The third-order valence-corrected chi connectivity index (χ3v) is 5.19. The summed E-state index contributed by atoms with van der Waals surface area (Å²) in [6, 6.07) is 16.0. The number of benzene rings is 2. The number of hydrogen-bond acceptors (Lipinski definition) is 2. The molecule has 3 nitrogen and oxygen atoms in total. The van der Waals surface area contributed by atoms with Crippen molar-refractivity contribution >= 4 is 6.09 Å². The van der Waals surface area contributed by atoms with Gasteiger partial charge in [-0.3, -0.25) is 0 Å². The standard InChI is InChI=1S/C23H31NO2/c1-6-16(3)20-14-11-15-21(17(4)7-2)22(20)26-23(25)24-18(5)19-12-9-8-10-13-19/h8-18H,6-7H2,1-5H3,(H,24,25)/t16?,17?,18-/m0/s1. The van der Waals surface area contributed by atoms with Gasteiger partial charge in [-0.05, 0) is 48.3 Å². The molecular formula is C23H31NO2. The zero-order valence-electron chi connectivity index (χ0n) is 16.6. The van der Waals surface area contributed by atoms with Crippen LogP contribution in [0.25, 0.3) is 0 Å². The fourth-order valence-electron chi connectivity index (χ4n) is 3.03. The van der Waals surface area contributed by atoms with E-state index in [1.54, 1.807) is 0 Å². The first-order valence-corrected chi connectivity index (χ1v) is 9.63. The monoisotopic (exact) mass is 353 g/mol. The molecule has 3 heteroatoms. The number of hydrogen-bond donors (Lipinski definition) is 1. The van der Waals surface area contributed by atoms with E-state index in [0.717, 1.165) is 35.3 Å². The SMILES string of the molecule is CCC(C)c1cccc(C(C)CC)c1OC(=O)N[C@@H](C)c1ccccc1. The Morgan fingerprint density at radius 1 is 0.885 bits per heavy atom. The molecule has 3 atom stereocenters. The van der Waals surface area contributed by atoms with Gasteiger partial charge in [0.05, 0.1) is 6.04 Å². The Hall–Kier alpha value is -2.29. The molecule has 0 bridgehead atoms. The average Bonchev–Trinajstić information content (AvgIpc) is 2.67. The molecule has 2 aromatic rings. The summed E-state index contributed by atoms with van der Waals surface area (Å²) in [7, 11) is 0. The summed E-state index contributed by atoms with van der Waals surface area (Å²) in [5.41, 5.74) is 3.27. The van der Waals surface area contributed by atoms with E-state index < -0.39 is 6.09 Å². The summed E-state index contributed by atoms with van der Waals surface area (Å²) in [5, 5.41) is 2.95. The molecule has 1 amide bonds. The lowest BCUT2D eigenvalue weighted by Crippen LogP contribution is -2.30. The minimum Gasteiger partial charge on any atom is -0.410 e. The second kappa shape index (κ2) is 9.42. The highest BCUT2D eigenvalue weighted by Crippen LogP contribution is 2.37. The van der Waals surface area contributed by atoms with E-state index in [9.17, 15) is 4.79 Å². The first-order valence-electron chi connectivity index (χ1n) is 9.63. The van der Waals surface area contributed by atoms with Gasteiger partial charge in [-0.2, -0.15) is 0 Å². The number of para-hydroxylation sites is 1. The van der Waals surface area contributed by atoms with Crippen LogP contribution < -0.4 is 10.1 Å². The predicted molar refractivity (Wildman–Crippen MR) is 108 cm³/mol. The molecule has 0 aliphatic carbocycles. The molecule has 0 fully saturated rings. The third kappa shape index (κ3) is 4.87. The molecule has 1 N–H and O–H groups in total. The van der Waals surface area contributed by atoms with Crippen molar-refractivity contribution < 1.29 is 9.53 Å². The highest BCUT2D eigenvalue weighted by molar-refractivity contribution is 5.72. The predicted octanol–water partition coefficient (Wildman–Crippen LogP) is 6.56. The van der Waals surface area contributed by atoms with Gasteiger partial charge >= 0.3 is 6.09 Å². The van der Waals surface area contributed by atoms with Crippen LogP contribution >= 0.6 is 0 Å². The van der Waals surface area contributed by atoms with Crippen molar-refractivity contribution in [2.75, 3.05) is 0 Å². The molecule has 0 saturated carbocycles. The normalized spacial score (nSPS) is 14.3. The minimum absolute atomic E-state index is 0.105.